The highest BCUT2D eigenvalue weighted by molar-refractivity contribution is 6.31. The van der Waals surface area contributed by atoms with E-state index in [0.29, 0.717) is 16.5 Å². The molecule has 0 spiro atoms. The van der Waals surface area contributed by atoms with Gasteiger partial charge in [0.25, 0.3) is 5.69 Å². The van der Waals surface area contributed by atoms with Gasteiger partial charge in [-0.25, -0.2) is 0 Å². The molecule has 0 saturated heterocycles. The maximum Gasteiger partial charge on any atom is 0.269 e. The summed E-state index contributed by atoms with van der Waals surface area (Å²) in [4.78, 5) is 10.3. The van der Waals surface area contributed by atoms with Crippen LogP contribution < -0.4 is 5.73 Å². The van der Waals surface area contributed by atoms with Gasteiger partial charge in [-0.1, -0.05) is 24.4 Å². The van der Waals surface area contributed by atoms with Gasteiger partial charge in [0.15, 0.2) is 0 Å². The summed E-state index contributed by atoms with van der Waals surface area (Å²) in [6, 6.07) is 4.28. The van der Waals surface area contributed by atoms with Crippen LogP contribution in [0.3, 0.4) is 0 Å². The molecule has 2 rings (SSSR count). The Kier molecular flexibility index (Phi) is 3.64. The second-order valence-corrected chi connectivity index (χ2v) is 4.94. The Hall–Kier alpha value is -1.13. The Morgan fingerprint density at radius 1 is 1.41 bits per heavy atom. The second-order valence-electron chi connectivity index (χ2n) is 4.53. The van der Waals surface area contributed by atoms with Crippen LogP contribution in [0.4, 0.5) is 5.69 Å². The summed E-state index contributed by atoms with van der Waals surface area (Å²) in [6.45, 7) is 0. The Balaban J connectivity index is 2.29. The molecule has 0 aromatic heterocycles. The zero-order valence-corrected chi connectivity index (χ0v) is 10.2. The highest BCUT2D eigenvalue weighted by atomic mass is 35.5. The quantitative estimate of drug-likeness (QED) is 0.664. The molecule has 1 saturated carbocycles. The molecule has 1 fully saturated rings. The molecular formula is C12H15ClN2O2. The number of nitrogens with zero attached hydrogens (tertiary/aromatic N) is 1. The average Bonchev–Trinajstić information content (AvgIpc) is 2.81. The third kappa shape index (κ3) is 2.58. The molecule has 1 aliphatic rings. The molecule has 92 valence electrons. The Morgan fingerprint density at radius 3 is 2.65 bits per heavy atom. The highest BCUT2D eigenvalue weighted by Crippen LogP contribution is 2.37. The van der Waals surface area contributed by atoms with Crippen molar-refractivity contribution in [2.75, 3.05) is 0 Å². The third-order valence-electron chi connectivity index (χ3n) is 3.46. The van der Waals surface area contributed by atoms with Crippen LogP contribution in [0.5, 0.6) is 0 Å². The molecule has 4 nitrogen and oxygen atoms in total. The molecule has 0 aliphatic heterocycles. The number of halogens is 1. The third-order valence-corrected chi connectivity index (χ3v) is 3.80. The molecule has 17 heavy (non-hydrogen) atoms. The van der Waals surface area contributed by atoms with E-state index < -0.39 is 4.92 Å². The van der Waals surface area contributed by atoms with Crippen molar-refractivity contribution in [3.05, 3.63) is 38.9 Å². The van der Waals surface area contributed by atoms with Gasteiger partial charge >= 0.3 is 0 Å². The molecule has 1 aromatic rings. The molecule has 2 N–H and O–H groups in total. The number of hydrogen-bond acceptors (Lipinski definition) is 3. The highest BCUT2D eigenvalue weighted by Gasteiger charge is 2.26. The SMILES string of the molecule is N[C@@H](c1cc([N+](=O)[O-])ccc1Cl)C1CCCC1. The number of nitro benzene ring substituents is 1. The first-order valence-electron chi connectivity index (χ1n) is 5.79. The molecule has 5 heteroatoms. The van der Waals surface area contributed by atoms with Gasteiger partial charge in [-0.3, -0.25) is 10.1 Å². The molecular weight excluding hydrogens is 240 g/mol. The van der Waals surface area contributed by atoms with Crippen molar-refractivity contribution in [2.45, 2.75) is 31.7 Å². The van der Waals surface area contributed by atoms with Crippen molar-refractivity contribution < 1.29 is 4.92 Å². The minimum atomic E-state index is -0.415. The van der Waals surface area contributed by atoms with Crippen LogP contribution in [-0.2, 0) is 0 Å². The maximum atomic E-state index is 10.7. The van der Waals surface area contributed by atoms with Gasteiger partial charge in [0.05, 0.1) is 4.92 Å². The number of hydrogen-bond donors (Lipinski definition) is 1. The summed E-state index contributed by atoms with van der Waals surface area (Å²) >= 11 is 6.07. The van der Waals surface area contributed by atoms with E-state index in [9.17, 15) is 10.1 Å². The van der Waals surface area contributed by atoms with Crippen molar-refractivity contribution in [1.29, 1.82) is 0 Å². The van der Waals surface area contributed by atoms with Crippen molar-refractivity contribution in [2.24, 2.45) is 11.7 Å². The van der Waals surface area contributed by atoms with E-state index in [0.717, 1.165) is 12.8 Å². The second kappa shape index (κ2) is 5.02. The number of rotatable bonds is 3. The summed E-state index contributed by atoms with van der Waals surface area (Å²) in [6.07, 6.45) is 4.54. The molecule has 0 unspecified atom stereocenters. The van der Waals surface area contributed by atoms with Crippen LogP contribution in [0.25, 0.3) is 0 Å². The molecule has 0 heterocycles. The predicted octanol–water partition coefficient (Wildman–Crippen LogP) is 3.44. The number of benzene rings is 1. The Bertz CT molecular complexity index is 431. The van der Waals surface area contributed by atoms with Crippen molar-refractivity contribution in [3.63, 3.8) is 0 Å². The van der Waals surface area contributed by atoms with Gasteiger partial charge in [0.1, 0.15) is 0 Å². The van der Waals surface area contributed by atoms with E-state index in [-0.39, 0.29) is 11.7 Å². The molecule has 0 bridgehead atoms. The van der Waals surface area contributed by atoms with Gasteiger partial charge in [0, 0.05) is 23.2 Å². The first-order valence-corrected chi connectivity index (χ1v) is 6.17. The topological polar surface area (TPSA) is 69.2 Å². The largest absolute Gasteiger partial charge is 0.324 e. The smallest absolute Gasteiger partial charge is 0.269 e. The van der Waals surface area contributed by atoms with E-state index >= 15 is 0 Å². The Morgan fingerprint density at radius 2 is 2.06 bits per heavy atom. The summed E-state index contributed by atoms with van der Waals surface area (Å²) in [5.74, 6) is 0.398. The fourth-order valence-electron chi connectivity index (χ4n) is 2.47. The summed E-state index contributed by atoms with van der Waals surface area (Å²) in [7, 11) is 0. The summed E-state index contributed by atoms with van der Waals surface area (Å²) in [5, 5.41) is 11.3. The minimum Gasteiger partial charge on any atom is -0.324 e. The zero-order chi connectivity index (χ0) is 12.4. The normalized spacial score (nSPS) is 18.2. The maximum absolute atomic E-state index is 10.7. The predicted molar refractivity (Wildman–Crippen MR) is 67.0 cm³/mol. The van der Waals surface area contributed by atoms with Crippen LogP contribution in [0.1, 0.15) is 37.3 Å². The standard InChI is InChI=1S/C12H15ClN2O2/c13-11-6-5-9(15(16)17)7-10(11)12(14)8-3-1-2-4-8/h5-8,12H,1-4,14H2/t12-/m1/s1. The first kappa shape index (κ1) is 12.3. The van der Waals surface area contributed by atoms with Crippen molar-refractivity contribution >= 4 is 17.3 Å². The molecule has 1 atom stereocenters. The van der Waals surface area contributed by atoms with Crippen LogP contribution >= 0.6 is 11.6 Å². The van der Waals surface area contributed by atoms with Crippen LogP contribution in [0.15, 0.2) is 18.2 Å². The fourth-order valence-corrected chi connectivity index (χ4v) is 2.71. The van der Waals surface area contributed by atoms with E-state index in [4.69, 9.17) is 17.3 Å². The van der Waals surface area contributed by atoms with Crippen LogP contribution in [0, 0.1) is 16.0 Å². The van der Waals surface area contributed by atoms with Gasteiger partial charge in [-0.15, -0.1) is 0 Å². The zero-order valence-electron chi connectivity index (χ0n) is 9.43. The Labute approximate surface area is 105 Å². The van der Waals surface area contributed by atoms with Gasteiger partial charge in [0.2, 0.25) is 0 Å². The van der Waals surface area contributed by atoms with Crippen molar-refractivity contribution in [3.8, 4) is 0 Å². The molecule has 1 aromatic carbocycles. The molecule has 0 amide bonds. The van der Waals surface area contributed by atoms with Crippen molar-refractivity contribution in [1.82, 2.24) is 0 Å². The minimum absolute atomic E-state index is 0.0536. The number of nitro groups is 1. The summed E-state index contributed by atoms with van der Waals surface area (Å²) < 4.78 is 0. The van der Waals surface area contributed by atoms with Crippen LogP contribution in [0.2, 0.25) is 5.02 Å². The lowest BCUT2D eigenvalue weighted by molar-refractivity contribution is -0.384. The fraction of sp³-hybridized carbons (Fsp3) is 0.500. The first-order chi connectivity index (χ1) is 8.09. The lowest BCUT2D eigenvalue weighted by Gasteiger charge is -2.20. The van der Waals surface area contributed by atoms with Gasteiger partial charge < -0.3 is 5.73 Å². The van der Waals surface area contributed by atoms with Gasteiger partial charge in [-0.05, 0) is 30.4 Å². The monoisotopic (exact) mass is 254 g/mol. The van der Waals surface area contributed by atoms with E-state index in [1.807, 2.05) is 0 Å². The lowest BCUT2D eigenvalue weighted by atomic mass is 9.92. The van der Waals surface area contributed by atoms with E-state index in [1.54, 1.807) is 6.07 Å². The number of nitrogens with two attached hydrogens (primary N) is 1. The van der Waals surface area contributed by atoms with Gasteiger partial charge in [-0.2, -0.15) is 0 Å². The molecule has 1 aliphatic carbocycles. The average molecular weight is 255 g/mol. The lowest BCUT2D eigenvalue weighted by Crippen LogP contribution is -2.19. The molecule has 0 radical (unpaired) electrons. The number of non-ortho nitro benzene ring substituents is 1. The van der Waals surface area contributed by atoms with E-state index in [2.05, 4.69) is 0 Å². The summed E-state index contributed by atoms with van der Waals surface area (Å²) in [5.41, 5.74) is 6.92. The van der Waals surface area contributed by atoms with Crippen LogP contribution in [-0.4, -0.2) is 4.92 Å². The van der Waals surface area contributed by atoms with E-state index in [1.165, 1.54) is 25.0 Å².